The molecule has 0 aromatic rings. The number of hydrogen-bond acceptors (Lipinski definition) is 2. The van der Waals surface area contributed by atoms with Gasteiger partial charge in [-0.15, -0.1) is 0 Å². The van der Waals surface area contributed by atoms with E-state index in [1.807, 2.05) is 6.92 Å². The van der Waals surface area contributed by atoms with Crippen LogP contribution in [0.3, 0.4) is 0 Å². The van der Waals surface area contributed by atoms with Gasteiger partial charge in [-0.05, 0) is 6.42 Å². The third-order valence-corrected chi connectivity index (χ3v) is 0.507. The van der Waals surface area contributed by atoms with Gasteiger partial charge in [-0.3, -0.25) is 0 Å². The molecule has 0 aliphatic rings. The maximum Gasteiger partial charge on any atom is 0.154 e. The van der Waals surface area contributed by atoms with E-state index in [0.29, 0.717) is 0 Å². The second kappa shape index (κ2) is 6.14. The van der Waals surface area contributed by atoms with Gasteiger partial charge in [0.1, 0.15) is 7.11 Å². The Bertz CT molecular complexity index is 76.4. The van der Waals surface area contributed by atoms with Crippen LogP contribution in [0.2, 0.25) is 0 Å². The standard InChI is InChI=1S/C5H10N2O/c1-3-4-6-5-7-8-2/h4-5H,3H2,1-2H3/b6-4?,7-5-. The summed E-state index contributed by atoms with van der Waals surface area (Å²) in [6.07, 6.45) is 4.04. The van der Waals surface area contributed by atoms with Crippen molar-refractivity contribution >= 4 is 12.6 Å². The Morgan fingerprint density at radius 2 is 2.38 bits per heavy atom. The van der Waals surface area contributed by atoms with E-state index in [4.69, 9.17) is 0 Å². The molecule has 0 N–H and O–H groups in total. The molecule has 0 bridgehead atoms. The minimum Gasteiger partial charge on any atom is -0.398 e. The average Bonchev–Trinajstić information content (AvgIpc) is 1.81. The Kier molecular flexibility index (Phi) is 5.48. The van der Waals surface area contributed by atoms with Crippen LogP contribution < -0.4 is 0 Å². The first-order valence-electron chi connectivity index (χ1n) is 2.48. The van der Waals surface area contributed by atoms with Gasteiger partial charge in [0.15, 0.2) is 6.34 Å². The summed E-state index contributed by atoms with van der Waals surface area (Å²) in [7, 11) is 1.48. The molecular formula is C5H10N2O. The molecule has 0 aliphatic carbocycles. The highest BCUT2D eigenvalue weighted by molar-refractivity contribution is 5.71. The van der Waals surface area contributed by atoms with Crippen LogP contribution in [0.25, 0.3) is 0 Å². The quantitative estimate of drug-likeness (QED) is 0.307. The molecule has 0 aliphatic heterocycles. The maximum absolute atomic E-state index is 4.34. The van der Waals surface area contributed by atoms with Crippen LogP contribution in [0.1, 0.15) is 13.3 Å². The summed E-state index contributed by atoms with van der Waals surface area (Å²) in [5.74, 6) is 0. The first-order valence-corrected chi connectivity index (χ1v) is 2.48. The van der Waals surface area contributed by atoms with Crippen molar-refractivity contribution in [3.63, 3.8) is 0 Å². The lowest BCUT2D eigenvalue weighted by Crippen LogP contribution is -1.71. The first-order chi connectivity index (χ1) is 3.91. The largest absolute Gasteiger partial charge is 0.398 e. The Hall–Kier alpha value is -0.860. The number of nitrogens with zero attached hydrogens (tertiary/aromatic N) is 2. The minimum absolute atomic E-state index is 0.926. The third kappa shape index (κ3) is 5.14. The summed E-state index contributed by atoms with van der Waals surface area (Å²) in [4.78, 5) is 8.08. The van der Waals surface area contributed by atoms with E-state index < -0.39 is 0 Å². The highest BCUT2D eigenvalue weighted by atomic mass is 16.6. The van der Waals surface area contributed by atoms with Crippen molar-refractivity contribution in [2.45, 2.75) is 13.3 Å². The van der Waals surface area contributed by atoms with E-state index >= 15 is 0 Å². The summed E-state index contributed by atoms with van der Waals surface area (Å²) < 4.78 is 0. The Morgan fingerprint density at radius 3 is 2.88 bits per heavy atom. The van der Waals surface area contributed by atoms with Gasteiger partial charge in [0, 0.05) is 6.21 Å². The molecule has 0 amide bonds. The van der Waals surface area contributed by atoms with Crippen LogP contribution in [0.15, 0.2) is 10.1 Å². The molecule has 3 nitrogen and oxygen atoms in total. The summed E-state index contributed by atoms with van der Waals surface area (Å²) >= 11 is 0. The number of oxime groups is 1. The minimum atomic E-state index is 0.926. The van der Waals surface area contributed by atoms with Crippen molar-refractivity contribution in [1.82, 2.24) is 0 Å². The molecular weight excluding hydrogens is 104 g/mol. The van der Waals surface area contributed by atoms with Gasteiger partial charge in [-0.1, -0.05) is 12.1 Å². The van der Waals surface area contributed by atoms with Gasteiger partial charge < -0.3 is 4.84 Å². The zero-order valence-electron chi connectivity index (χ0n) is 5.16. The topological polar surface area (TPSA) is 34.0 Å². The van der Waals surface area contributed by atoms with Crippen LogP contribution in [0.5, 0.6) is 0 Å². The molecule has 0 heterocycles. The summed E-state index contributed by atoms with van der Waals surface area (Å²) in [5.41, 5.74) is 0. The maximum atomic E-state index is 4.34. The average molecular weight is 114 g/mol. The van der Waals surface area contributed by atoms with Gasteiger partial charge >= 0.3 is 0 Å². The molecule has 0 unspecified atom stereocenters. The lowest BCUT2D eigenvalue weighted by atomic mass is 10.5. The first kappa shape index (κ1) is 7.14. The van der Waals surface area contributed by atoms with E-state index in [2.05, 4.69) is 15.0 Å². The molecule has 0 saturated heterocycles. The predicted molar refractivity (Wildman–Crippen MR) is 34.3 cm³/mol. The number of hydrogen-bond donors (Lipinski definition) is 0. The molecule has 0 aromatic carbocycles. The van der Waals surface area contributed by atoms with Crippen molar-refractivity contribution in [1.29, 1.82) is 0 Å². The summed E-state index contributed by atoms with van der Waals surface area (Å²) in [5, 5.41) is 3.39. The monoisotopic (exact) mass is 114 g/mol. The molecule has 0 spiro atoms. The lowest BCUT2D eigenvalue weighted by Gasteiger charge is -1.78. The van der Waals surface area contributed by atoms with Gasteiger partial charge in [0.05, 0.1) is 0 Å². The second-order valence-corrected chi connectivity index (χ2v) is 1.14. The fraction of sp³-hybridized carbons (Fsp3) is 0.600. The Morgan fingerprint density at radius 1 is 1.62 bits per heavy atom. The normalized spacial score (nSPS) is 11.2. The van der Waals surface area contributed by atoms with Gasteiger partial charge in [0.2, 0.25) is 0 Å². The predicted octanol–water partition coefficient (Wildman–Crippen LogP) is 1.06. The fourth-order valence-corrected chi connectivity index (χ4v) is 0.227. The van der Waals surface area contributed by atoms with Crippen molar-refractivity contribution in [3.8, 4) is 0 Å². The van der Waals surface area contributed by atoms with Crippen molar-refractivity contribution in [2.24, 2.45) is 10.1 Å². The molecule has 46 valence electrons. The van der Waals surface area contributed by atoms with Gasteiger partial charge in [-0.25, -0.2) is 4.99 Å². The molecule has 0 atom stereocenters. The zero-order valence-corrected chi connectivity index (χ0v) is 5.16. The van der Waals surface area contributed by atoms with Crippen molar-refractivity contribution in [3.05, 3.63) is 0 Å². The SMILES string of the molecule is CCC=N/C=N\OC. The van der Waals surface area contributed by atoms with E-state index in [9.17, 15) is 0 Å². The second-order valence-electron chi connectivity index (χ2n) is 1.14. The van der Waals surface area contributed by atoms with Crippen molar-refractivity contribution in [2.75, 3.05) is 7.11 Å². The van der Waals surface area contributed by atoms with E-state index in [-0.39, 0.29) is 0 Å². The molecule has 0 radical (unpaired) electrons. The molecule has 3 heteroatoms. The van der Waals surface area contributed by atoms with E-state index in [1.165, 1.54) is 13.4 Å². The van der Waals surface area contributed by atoms with Crippen LogP contribution >= 0.6 is 0 Å². The van der Waals surface area contributed by atoms with Crippen molar-refractivity contribution < 1.29 is 4.84 Å². The number of rotatable bonds is 3. The van der Waals surface area contributed by atoms with Gasteiger partial charge in [0.25, 0.3) is 0 Å². The summed E-state index contributed by atoms with van der Waals surface area (Å²) in [6.45, 7) is 2.00. The number of aliphatic imine (C=N–C) groups is 1. The third-order valence-electron chi connectivity index (χ3n) is 0.507. The van der Waals surface area contributed by atoms with Crippen LogP contribution in [0, 0.1) is 0 Å². The van der Waals surface area contributed by atoms with Gasteiger partial charge in [-0.2, -0.15) is 0 Å². The van der Waals surface area contributed by atoms with Crippen LogP contribution in [0.4, 0.5) is 0 Å². The van der Waals surface area contributed by atoms with E-state index in [0.717, 1.165) is 6.42 Å². The van der Waals surface area contributed by atoms with E-state index in [1.54, 1.807) is 6.21 Å². The fourth-order valence-electron chi connectivity index (χ4n) is 0.227. The smallest absolute Gasteiger partial charge is 0.154 e. The lowest BCUT2D eigenvalue weighted by molar-refractivity contribution is 0.215. The molecule has 0 rings (SSSR count). The highest BCUT2D eigenvalue weighted by Gasteiger charge is 1.62. The molecule has 8 heavy (non-hydrogen) atoms. The van der Waals surface area contributed by atoms with Crippen LogP contribution in [-0.4, -0.2) is 19.7 Å². The molecule has 0 aromatic heterocycles. The van der Waals surface area contributed by atoms with Crippen LogP contribution in [-0.2, 0) is 4.84 Å². The Balaban J connectivity index is 3.13. The highest BCUT2D eigenvalue weighted by Crippen LogP contribution is 1.67. The molecule has 0 fully saturated rings. The zero-order chi connectivity index (χ0) is 6.24. The summed E-state index contributed by atoms with van der Waals surface area (Å²) in [6, 6.07) is 0. The molecule has 0 saturated carbocycles. The Labute approximate surface area is 49.1 Å².